The highest BCUT2D eigenvalue weighted by Crippen LogP contribution is 2.35. The van der Waals surface area contributed by atoms with Gasteiger partial charge in [0.25, 0.3) is 5.91 Å². The lowest BCUT2D eigenvalue weighted by molar-refractivity contribution is 0.0805. The Morgan fingerprint density at radius 3 is 2.67 bits per heavy atom. The molecular formula is C31H41N7O4. The summed E-state index contributed by atoms with van der Waals surface area (Å²) >= 11 is 0. The maximum Gasteiger partial charge on any atom is 0.253 e. The fourth-order valence-corrected chi connectivity index (χ4v) is 6.02. The first-order valence-electron chi connectivity index (χ1n) is 14.6. The number of nitrogens with zero attached hydrogens (tertiary/aromatic N) is 4. The average Bonchev–Trinajstić information content (AvgIpc) is 3.20. The molecule has 0 bridgehead atoms. The summed E-state index contributed by atoms with van der Waals surface area (Å²) in [4.78, 5) is 26.3. The number of carbonyl (C=O) groups excluding carboxylic acids is 1. The van der Waals surface area contributed by atoms with Gasteiger partial charge < -0.3 is 30.9 Å². The fraction of sp³-hybridized carbons (Fsp3) is 0.452. The van der Waals surface area contributed by atoms with Crippen molar-refractivity contribution in [2.75, 3.05) is 64.1 Å². The second-order valence-corrected chi connectivity index (χ2v) is 10.9. The Morgan fingerprint density at radius 1 is 1.12 bits per heavy atom. The second-order valence-electron chi connectivity index (χ2n) is 10.9. The van der Waals surface area contributed by atoms with E-state index in [4.69, 9.17) is 4.74 Å². The van der Waals surface area contributed by atoms with Crippen LogP contribution >= 0.6 is 0 Å². The molecular weight excluding hydrogens is 534 g/mol. The first-order chi connectivity index (χ1) is 20.4. The summed E-state index contributed by atoms with van der Waals surface area (Å²) in [5, 5.41) is 28.8. The lowest BCUT2D eigenvalue weighted by Gasteiger charge is -2.39. The predicted octanol–water partition coefficient (Wildman–Crippen LogP) is 3.20. The van der Waals surface area contributed by atoms with E-state index in [0.717, 1.165) is 69.7 Å². The minimum atomic E-state index is -0.233. The van der Waals surface area contributed by atoms with E-state index >= 15 is 0 Å². The van der Waals surface area contributed by atoms with Crippen LogP contribution in [-0.2, 0) is 12.8 Å². The van der Waals surface area contributed by atoms with E-state index < -0.39 is 0 Å². The van der Waals surface area contributed by atoms with Gasteiger partial charge in [-0.25, -0.2) is 4.98 Å². The van der Waals surface area contributed by atoms with Crippen molar-refractivity contribution in [3.8, 4) is 11.5 Å². The van der Waals surface area contributed by atoms with Crippen LogP contribution in [0.2, 0.25) is 0 Å². The number of hydrogen-bond acceptors (Lipinski definition) is 10. The van der Waals surface area contributed by atoms with E-state index in [2.05, 4.69) is 47.9 Å². The van der Waals surface area contributed by atoms with Crippen LogP contribution in [0.3, 0.4) is 0 Å². The molecule has 2 heterocycles. The van der Waals surface area contributed by atoms with Gasteiger partial charge in [0.15, 0.2) is 11.6 Å². The number of aliphatic hydroxyl groups is 1. The van der Waals surface area contributed by atoms with Crippen molar-refractivity contribution in [2.24, 2.45) is 0 Å². The molecule has 5 rings (SSSR count). The molecule has 1 atom stereocenters. The van der Waals surface area contributed by atoms with Crippen molar-refractivity contribution >= 4 is 29.0 Å². The SMILES string of the molecule is CNC(=O)c1c(C)cccc1Nc1nc(Nc2cc3c(cc2OC)CC(N2CCN(CCO)CC2)CCC3)ncc1O. The number of hydrogen-bond donors (Lipinski definition) is 5. The molecule has 1 aliphatic carbocycles. The zero-order valence-electron chi connectivity index (χ0n) is 24.6. The number of rotatable bonds is 9. The van der Waals surface area contributed by atoms with Crippen LogP contribution in [0.4, 0.5) is 23.1 Å². The van der Waals surface area contributed by atoms with Gasteiger partial charge in [0.1, 0.15) is 5.75 Å². The molecule has 1 fully saturated rings. The summed E-state index contributed by atoms with van der Waals surface area (Å²) < 4.78 is 5.79. The molecule has 0 radical (unpaired) electrons. The van der Waals surface area contributed by atoms with Gasteiger partial charge in [-0.3, -0.25) is 14.6 Å². The van der Waals surface area contributed by atoms with Crippen LogP contribution in [0.15, 0.2) is 36.5 Å². The fourth-order valence-electron chi connectivity index (χ4n) is 6.02. The highest BCUT2D eigenvalue weighted by Gasteiger charge is 2.27. The monoisotopic (exact) mass is 575 g/mol. The molecule has 1 saturated heterocycles. The molecule has 2 aliphatic rings. The predicted molar refractivity (Wildman–Crippen MR) is 163 cm³/mol. The van der Waals surface area contributed by atoms with Crippen LogP contribution in [-0.4, -0.2) is 95.4 Å². The average molecular weight is 576 g/mol. The molecule has 1 aromatic heterocycles. The van der Waals surface area contributed by atoms with Gasteiger partial charge in [-0.15, -0.1) is 0 Å². The molecule has 11 nitrogen and oxygen atoms in total. The van der Waals surface area contributed by atoms with E-state index in [9.17, 15) is 15.0 Å². The minimum absolute atomic E-state index is 0.137. The van der Waals surface area contributed by atoms with Crippen molar-refractivity contribution in [3.63, 3.8) is 0 Å². The first-order valence-corrected chi connectivity index (χ1v) is 14.6. The maximum absolute atomic E-state index is 12.5. The third-order valence-corrected chi connectivity index (χ3v) is 8.30. The number of aromatic nitrogens is 2. The Labute approximate surface area is 246 Å². The number of fused-ring (bicyclic) bond motifs is 1. The lowest BCUT2D eigenvalue weighted by Crippen LogP contribution is -2.51. The van der Waals surface area contributed by atoms with Crippen molar-refractivity contribution < 1.29 is 19.7 Å². The maximum atomic E-state index is 12.5. The smallest absolute Gasteiger partial charge is 0.253 e. The number of anilines is 4. The van der Waals surface area contributed by atoms with E-state index in [-0.39, 0.29) is 30.0 Å². The summed E-state index contributed by atoms with van der Waals surface area (Å²) in [7, 11) is 3.24. The van der Waals surface area contributed by atoms with Crippen molar-refractivity contribution in [1.82, 2.24) is 25.1 Å². The molecule has 2 aromatic carbocycles. The standard InChI is InChI=1S/C31H41N7O4/c1-20-6-4-9-24(28(20)30(41)32-2)34-29-26(40)19-33-31(36-29)35-25-17-21-7-5-8-23(16-22(21)18-27(25)42-3)38-12-10-37(11-13-38)14-15-39/h4,6,9,17-19,23,39-40H,5,7-8,10-16H2,1-3H3,(H,32,41)(H2,33,34,35,36). The quantitative estimate of drug-likeness (QED) is 0.242. The van der Waals surface area contributed by atoms with Crippen molar-refractivity contribution in [3.05, 3.63) is 58.8 Å². The normalized spacial score (nSPS) is 17.7. The minimum Gasteiger partial charge on any atom is -0.503 e. The Kier molecular flexibility index (Phi) is 9.41. The van der Waals surface area contributed by atoms with Crippen LogP contribution in [0.25, 0.3) is 0 Å². The molecule has 42 heavy (non-hydrogen) atoms. The van der Waals surface area contributed by atoms with Crippen LogP contribution in [0.1, 0.15) is 39.9 Å². The number of ether oxygens (including phenoxy) is 1. The van der Waals surface area contributed by atoms with Gasteiger partial charge in [-0.05, 0) is 67.5 Å². The first kappa shape index (κ1) is 29.6. The number of benzene rings is 2. The van der Waals surface area contributed by atoms with E-state index in [1.54, 1.807) is 20.2 Å². The van der Waals surface area contributed by atoms with Crippen LogP contribution in [0.5, 0.6) is 11.5 Å². The Bertz CT molecular complexity index is 1410. The van der Waals surface area contributed by atoms with E-state index in [1.165, 1.54) is 17.3 Å². The molecule has 11 heteroatoms. The number of β-amino-alcohol motifs (C(OH)–C–C–N with tert-alkyl or cyclic N) is 1. The van der Waals surface area contributed by atoms with Gasteiger partial charge >= 0.3 is 0 Å². The Morgan fingerprint density at radius 2 is 1.93 bits per heavy atom. The largest absolute Gasteiger partial charge is 0.503 e. The zero-order valence-corrected chi connectivity index (χ0v) is 24.6. The number of aliphatic hydroxyl groups excluding tert-OH is 1. The summed E-state index contributed by atoms with van der Waals surface area (Å²) in [6.07, 6.45) is 5.53. The van der Waals surface area contributed by atoms with E-state index in [1.807, 2.05) is 19.1 Å². The molecule has 0 spiro atoms. The summed E-state index contributed by atoms with van der Waals surface area (Å²) in [5.41, 5.74) is 5.14. The second kappa shape index (κ2) is 13.4. The van der Waals surface area contributed by atoms with Gasteiger partial charge in [-0.2, -0.15) is 4.98 Å². The van der Waals surface area contributed by atoms with Gasteiger partial charge in [0, 0.05) is 45.8 Å². The highest BCUT2D eigenvalue weighted by molar-refractivity contribution is 6.01. The van der Waals surface area contributed by atoms with E-state index in [0.29, 0.717) is 23.0 Å². The van der Waals surface area contributed by atoms with Crippen LogP contribution < -0.4 is 20.7 Å². The Balaban J connectivity index is 1.35. The number of aryl methyl sites for hydroxylation is 2. The molecule has 1 aliphatic heterocycles. The molecule has 224 valence electrons. The number of carbonyl (C=O) groups is 1. The topological polar surface area (TPSA) is 135 Å². The number of aromatic hydroxyl groups is 1. The molecule has 1 unspecified atom stereocenters. The van der Waals surface area contributed by atoms with Gasteiger partial charge in [0.05, 0.1) is 36.9 Å². The number of piperazine rings is 1. The Hall–Kier alpha value is -3.93. The molecule has 3 aromatic rings. The third kappa shape index (κ3) is 6.59. The number of methoxy groups -OCH3 is 1. The van der Waals surface area contributed by atoms with Crippen molar-refractivity contribution in [1.29, 1.82) is 0 Å². The number of nitrogens with one attached hydrogen (secondary N) is 3. The highest BCUT2D eigenvalue weighted by atomic mass is 16.5. The zero-order chi connectivity index (χ0) is 29.6. The van der Waals surface area contributed by atoms with Crippen molar-refractivity contribution in [2.45, 2.75) is 38.6 Å². The lowest BCUT2D eigenvalue weighted by atomic mass is 9.99. The molecule has 5 N–H and O–H groups in total. The summed E-state index contributed by atoms with van der Waals surface area (Å²) in [6, 6.07) is 10.2. The molecule has 0 saturated carbocycles. The van der Waals surface area contributed by atoms with Gasteiger partial charge in [0.2, 0.25) is 5.95 Å². The van der Waals surface area contributed by atoms with Crippen LogP contribution in [0, 0.1) is 6.92 Å². The molecule has 1 amide bonds. The van der Waals surface area contributed by atoms with Gasteiger partial charge in [-0.1, -0.05) is 12.1 Å². The third-order valence-electron chi connectivity index (χ3n) is 8.30. The summed E-state index contributed by atoms with van der Waals surface area (Å²) in [6.45, 7) is 6.86. The number of amides is 1. The summed E-state index contributed by atoms with van der Waals surface area (Å²) in [5.74, 6) is 0.799.